The maximum Gasteiger partial charge on any atom is 0.221 e. The van der Waals surface area contributed by atoms with Crippen molar-refractivity contribution in [2.24, 2.45) is 0 Å². The highest BCUT2D eigenvalue weighted by atomic mass is 32.1. The van der Waals surface area contributed by atoms with Gasteiger partial charge in [0.05, 0.1) is 16.8 Å². The molecule has 0 radical (unpaired) electrons. The summed E-state index contributed by atoms with van der Waals surface area (Å²) in [5.41, 5.74) is 0.979. The smallest absolute Gasteiger partial charge is 0.221 e. The Balaban J connectivity index is 1.38. The van der Waals surface area contributed by atoms with Crippen molar-refractivity contribution >= 4 is 27.5 Å². The summed E-state index contributed by atoms with van der Waals surface area (Å²) in [4.78, 5) is 16.6. The lowest BCUT2D eigenvalue weighted by molar-refractivity contribution is -0.121. The van der Waals surface area contributed by atoms with Crippen molar-refractivity contribution in [2.75, 3.05) is 6.54 Å². The van der Waals surface area contributed by atoms with E-state index >= 15 is 0 Å². The second kappa shape index (κ2) is 6.75. The molecule has 1 atom stereocenters. The van der Waals surface area contributed by atoms with Crippen molar-refractivity contribution in [1.29, 1.82) is 0 Å². The monoisotopic (exact) mass is 341 g/mol. The lowest BCUT2D eigenvalue weighted by Gasteiger charge is -2.09. The molecular formula is C18H19N3O2S. The predicted molar refractivity (Wildman–Crippen MR) is 94.8 cm³/mol. The summed E-state index contributed by atoms with van der Waals surface area (Å²) < 4.78 is 6.98. The van der Waals surface area contributed by atoms with Gasteiger partial charge in [-0.25, -0.2) is 4.98 Å². The van der Waals surface area contributed by atoms with Crippen molar-refractivity contribution in [3.05, 3.63) is 42.2 Å². The van der Waals surface area contributed by atoms with E-state index in [1.165, 1.54) is 0 Å². The number of hydrogen-bond donors (Lipinski definition) is 2. The highest BCUT2D eigenvalue weighted by Crippen LogP contribution is 2.31. The Hall–Kier alpha value is -2.18. The molecule has 124 valence electrons. The van der Waals surface area contributed by atoms with E-state index in [0.29, 0.717) is 19.0 Å². The molecular weight excluding hydrogens is 322 g/mol. The summed E-state index contributed by atoms with van der Waals surface area (Å²) >= 11 is 1.61. The molecule has 1 unspecified atom stereocenters. The number of nitrogens with zero attached hydrogens (tertiary/aromatic N) is 1. The van der Waals surface area contributed by atoms with Crippen LogP contribution in [0.4, 0.5) is 0 Å². The van der Waals surface area contributed by atoms with E-state index < -0.39 is 0 Å². The van der Waals surface area contributed by atoms with Crippen molar-refractivity contribution in [1.82, 2.24) is 15.6 Å². The zero-order valence-electron chi connectivity index (χ0n) is 13.2. The molecule has 1 saturated heterocycles. The summed E-state index contributed by atoms with van der Waals surface area (Å²) in [6.07, 6.45) is 2.77. The number of rotatable bonds is 5. The summed E-state index contributed by atoms with van der Waals surface area (Å²) in [7, 11) is 0. The third-order valence-electron chi connectivity index (χ3n) is 4.22. The molecule has 0 spiro atoms. The van der Waals surface area contributed by atoms with Gasteiger partial charge in [0.1, 0.15) is 5.76 Å². The highest BCUT2D eigenvalue weighted by Gasteiger charge is 2.17. The number of thiazole rings is 1. The average Bonchev–Trinajstić information content (AvgIpc) is 3.32. The van der Waals surface area contributed by atoms with Crippen LogP contribution in [0, 0.1) is 0 Å². The molecule has 6 heteroatoms. The molecule has 24 heavy (non-hydrogen) atoms. The van der Waals surface area contributed by atoms with Gasteiger partial charge in [-0.15, -0.1) is 11.3 Å². The normalized spacial score (nSPS) is 17.4. The molecule has 0 aliphatic carbocycles. The van der Waals surface area contributed by atoms with Crippen LogP contribution in [-0.2, 0) is 11.3 Å². The maximum absolute atomic E-state index is 12.0. The number of carbonyl (C=O) groups excluding carboxylic acids is 1. The number of furan rings is 1. The Morgan fingerprint density at radius 1 is 1.33 bits per heavy atom. The van der Waals surface area contributed by atoms with Gasteiger partial charge in [-0.3, -0.25) is 4.79 Å². The van der Waals surface area contributed by atoms with Crippen LogP contribution in [0.3, 0.4) is 0 Å². The standard InChI is InChI=1S/C18H19N3O2S/c22-17(10-12-4-3-9-19-12)20-11-13-7-8-15(23-13)18-21-14-5-1-2-6-16(14)24-18/h1-2,5-8,12,19H,3-4,9-11H2,(H,20,22). The van der Waals surface area contributed by atoms with Crippen LogP contribution < -0.4 is 10.6 Å². The fourth-order valence-corrected chi connectivity index (χ4v) is 3.91. The van der Waals surface area contributed by atoms with Crippen LogP contribution in [-0.4, -0.2) is 23.5 Å². The van der Waals surface area contributed by atoms with E-state index in [4.69, 9.17) is 4.42 Å². The van der Waals surface area contributed by atoms with Gasteiger partial charge in [0.25, 0.3) is 0 Å². The Bertz CT molecular complexity index is 816. The number of para-hydroxylation sites is 1. The highest BCUT2D eigenvalue weighted by molar-refractivity contribution is 7.21. The Morgan fingerprint density at radius 2 is 2.25 bits per heavy atom. The van der Waals surface area contributed by atoms with Crippen molar-refractivity contribution in [3.8, 4) is 10.8 Å². The summed E-state index contributed by atoms with van der Waals surface area (Å²) in [5, 5.41) is 7.13. The van der Waals surface area contributed by atoms with Gasteiger partial charge in [0.2, 0.25) is 5.91 Å². The number of benzene rings is 1. The van der Waals surface area contributed by atoms with Crippen LogP contribution in [0.25, 0.3) is 21.0 Å². The lowest BCUT2D eigenvalue weighted by atomic mass is 10.1. The fourth-order valence-electron chi connectivity index (χ4n) is 2.98. The predicted octanol–water partition coefficient (Wildman–Crippen LogP) is 3.31. The second-order valence-corrected chi connectivity index (χ2v) is 7.06. The zero-order chi connectivity index (χ0) is 16.4. The molecule has 1 aliphatic heterocycles. The van der Waals surface area contributed by atoms with E-state index in [2.05, 4.69) is 21.7 Å². The zero-order valence-corrected chi connectivity index (χ0v) is 14.1. The summed E-state index contributed by atoms with van der Waals surface area (Å²) in [5.74, 6) is 1.56. The molecule has 3 heterocycles. The van der Waals surface area contributed by atoms with Crippen molar-refractivity contribution < 1.29 is 9.21 Å². The van der Waals surface area contributed by atoms with Crippen molar-refractivity contribution in [3.63, 3.8) is 0 Å². The Morgan fingerprint density at radius 3 is 3.08 bits per heavy atom. The van der Waals surface area contributed by atoms with E-state index in [0.717, 1.165) is 46.1 Å². The van der Waals surface area contributed by atoms with Crippen LogP contribution >= 0.6 is 11.3 Å². The molecule has 2 aromatic heterocycles. The first kappa shape index (κ1) is 15.4. The van der Waals surface area contributed by atoms with Gasteiger partial charge in [-0.2, -0.15) is 0 Å². The van der Waals surface area contributed by atoms with E-state index in [1.807, 2.05) is 30.3 Å². The lowest BCUT2D eigenvalue weighted by Crippen LogP contribution is -2.31. The number of fused-ring (bicyclic) bond motifs is 1. The fraction of sp³-hybridized carbons (Fsp3) is 0.333. The quantitative estimate of drug-likeness (QED) is 0.747. The molecule has 0 saturated carbocycles. The SMILES string of the molecule is O=C(CC1CCCN1)NCc1ccc(-c2nc3ccccc3s2)o1. The van der Waals surface area contributed by atoms with E-state index in [9.17, 15) is 4.79 Å². The van der Waals surface area contributed by atoms with Crippen LogP contribution in [0.2, 0.25) is 0 Å². The van der Waals surface area contributed by atoms with Gasteiger partial charge in [0, 0.05) is 12.5 Å². The first-order valence-corrected chi connectivity index (χ1v) is 9.04. The van der Waals surface area contributed by atoms with Gasteiger partial charge in [-0.05, 0) is 43.7 Å². The van der Waals surface area contributed by atoms with Crippen LogP contribution in [0.1, 0.15) is 25.0 Å². The minimum absolute atomic E-state index is 0.0623. The first-order valence-electron chi connectivity index (χ1n) is 8.23. The Labute approximate surface area is 144 Å². The number of carbonyl (C=O) groups is 1. The Kier molecular flexibility index (Phi) is 4.32. The number of hydrogen-bond acceptors (Lipinski definition) is 5. The van der Waals surface area contributed by atoms with Gasteiger partial charge < -0.3 is 15.1 Å². The van der Waals surface area contributed by atoms with Gasteiger partial charge >= 0.3 is 0 Å². The number of nitrogens with one attached hydrogen (secondary N) is 2. The molecule has 1 aromatic carbocycles. The van der Waals surface area contributed by atoms with Gasteiger partial charge in [-0.1, -0.05) is 12.1 Å². The number of aromatic nitrogens is 1. The number of amides is 1. The largest absolute Gasteiger partial charge is 0.457 e. The van der Waals surface area contributed by atoms with Gasteiger partial charge in [0.15, 0.2) is 10.8 Å². The molecule has 0 bridgehead atoms. The molecule has 1 aliphatic rings. The molecule has 4 rings (SSSR count). The van der Waals surface area contributed by atoms with Crippen LogP contribution in [0.15, 0.2) is 40.8 Å². The van der Waals surface area contributed by atoms with E-state index in [1.54, 1.807) is 11.3 Å². The second-order valence-electron chi connectivity index (χ2n) is 6.03. The molecule has 2 N–H and O–H groups in total. The molecule has 1 amide bonds. The third-order valence-corrected chi connectivity index (χ3v) is 5.27. The summed E-state index contributed by atoms with van der Waals surface area (Å²) in [6.45, 7) is 1.43. The van der Waals surface area contributed by atoms with Crippen molar-refractivity contribution in [2.45, 2.75) is 31.8 Å². The van der Waals surface area contributed by atoms with Crippen LogP contribution in [0.5, 0.6) is 0 Å². The topological polar surface area (TPSA) is 67.2 Å². The first-order chi connectivity index (χ1) is 11.8. The third kappa shape index (κ3) is 3.34. The molecule has 1 fully saturated rings. The minimum atomic E-state index is 0.0623. The summed E-state index contributed by atoms with van der Waals surface area (Å²) in [6, 6.07) is 12.2. The minimum Gasteiger partial charge on any atom is -0.457 e. The average molecular weight is 341 g/mol. The molecule has 3 aromatic rings. The van der Waals surface area contributed by atoms with E-state index in [-0.39, 0.29) is 5.91 Å². The maximum atomic E-state index is 12.0. The molecule has 5 nitrogen and oxygen atoms in total.